The second-order valence-electron chi connectivity index (χ2n) is 5.91. The van der Waals surface area contributed by atoms with Crippen molar-refractivity contribution in [1.29, 1.82) is 0 Å². The van der Waals surface area contributed by atoms with Crippen LogP contribution < -0.4 is 19.5 Å². The van der Waals surface area contributed by atoms with Crippen LogP contribution in [0.5, 0.6) is 17.2 Å². The number of piperazine rings is 1. The molecule has 1 fully saturated rings. The van der Waals surface area contributed by atoms with E-state index in [9.17, 15) is 0 Å². The predicted molar refractivity (Wildman–Crippen MR) is 107 cm³/mol. The molecule has 0 bridgehead atoms. The molecule has 0 spiro atoms. The molecule has 1 saturated heterocycles. The number of rotatable bonds is 7. The predicted octanol–water partition coefficient (Wildman–Crippen LogP) is 3.47. The number of hydrogen-bond acceptors (Lipinski definition) is 5. The minimum atomic E-state index is 0. The highest BCUT2D eigenvalue weighted by atomic mass is 35.5. The second-order valence-corrected chi connectivity index (χ2v) is 5.91. The zero-order chi connectivity index (χ0) is 16.8. The third kappa shape index (κ3) is 5.96. The first-order valence-electron chi connectivity index (χ1n) is 7.99. The van der Waals surface area contributed by atoms with Gasteiger partial charge in [0.1, 0.15) is 5.75 Å². The van der Waals surface area contributed by atoms with E-state index >= 15 is 0 Å². The Kier molecular flexibility index (Phi) is 10.9. The van der Waals surface area contributed by atoms with Crippen LogP contribution in [0.2, 0.25) is 0 Å². The molecule has 0 saturated carbocycles. The smallest absolute Gasteiger partial charge is 0.164 e. The quantitative estimate of drug-likeness (QED) is 0.719. The van der Waals surface area contributed by atoms with Gasteiger partial charge in [0.25, 0.3) is 0 Å². The van der Waals surface area contributed by atoms with Crippen molar-refractivity contribution in [3.05, 3.63) is 29.8 Å². The zero-order valence-electron chi connectivity index (χ0n) is 15.5. The summed E-state index contributed by atoms with van der Waals surface area (Å²) in [4.78, 5) is 2.48. The highest BCUT2D eigenvalue weighted by molar-refractivity contribution is 5.85. The maximum atomic E-state index is 5.63. The van der Waals surface area contributed by atoms with Crippen molar-refractivity contribution in [3.8, 4) is 17.2 Å². The van der Waals surface area contributed by atoms with E-state index in [-0.39, 0.29) is 30.9 Å². The van der Waals surface area contributed by atoms with Crippen molar-refractivity contribution in [3.63, 3.8) is 0 Å². The van der Waals surface area contributed by atoms with Gasteiger partial charge in [0.15, 0.2) is 11.5 Å². The normalized spacial score (nSPS) is 15.4. The SMILES string of the molecule is C=C(C)C[C@@H](c1cc(OC)c(OC)cc1OC)N1CCNCC1.Cl.Cl. The highest BCUT2D eigenvalue weighted by Gasteiger charge is 2.26. The van der Waals surface area contributed by atoms with Gasteiger partial charge in [-0.1, -0.05) is 5.57 Å². The fraction of sp³-hybridized carbons (Fsp3) is 0.556. The van der Waals surface area contributed by atoms with Crippen molar-refractivity contribution < 1.29 is 14.2 Å². The third-order valence-electron chi connectivity index (χ3n) is 4.23. The van der Waals surface area contributed by atoms with Gasteiger partial charge in [-0.2, -0.15) is 0 Å². The molecule has 1 atom stereocenters. The lowest BCUT2D eigenvalue weighted by molar-refractivity contribution is 0.169. The molecule has 1 N–H and O–H groups in total. The fourth-order valence-corrected chi connectivity index (χ4v) is 3.07. The molecule has 7 heteroatoms. The van der Waals surface area contributed by atoms with Gasteiger partial charge in [0.05, 0.1) is 21.3 Å². The molecule has 1 aliphatic heterocycles. The Balaban J connectivity index is 0.00000288. The van der Waals surface area contributed by atoms with E-state index in [1.165, 1.54) is 0 Å². The minimum Gasteiger partial charge on any atom is -0.496 e. The number of nitrogens with zero attached hydrogens (tertiary/aromatic N) is 1. The molecule has 0 aliphatic carbocycles. The molecular weight excluding hydrogens is 363 g/mol. The van der Waals surface area contributed by atoms with Gasteiger partial charge in [-0.3, -0.25) is 4.90 Å². The van der Waals surface area contributed by atoms with E-state index in [1.807, 2.05) is 12.1 Å². The molecule has 0 radical (unpaired) electrons. The van der Waals surface area contributed by atoms with Gasteiger partial charge in [-0.15, -0.1) is 31.4 Å². The van der Waals surface area contributed by atoms with E-state index < -0.39 is 0 Å². The summed E-state index contributed by atoms with van der Waals surface area (Å²) in [6, 6.07) is 4.17. The zero-order valence-corrected chi connectivity index (χ0v) is 17.1. The Labute approximate surface area is 163 Å². The van der Waals surface area contributed by atoms with Crippen molar-refractivity contribution >= 4 is 24.8 Å². The van der Waals surface area contributed by atoms with Crippen molar-refractivity contribution in [2.24, 2.45) is 0 Å². The fourth-order valence-electron chi connectivity index (χ4n) is 3.07. The molecular formula is C18H30Cl2N2O3. The van der Waals surface area contributed by atoms with E-state index in [2.05, 4.69) is 23.7 Å². The molecule has 5 nitrogen and oxygen atoms in total. The van der Waals surface area contributed by atoms with Crippen LogP contribution in [0.25, 0.3) is 0 Å². The van der Waals surface area contributed by atoms with Crippen LogP contribution in [0.15, 0.2) is 24.3 Å². The third-order valence-corrected chi connectivity index (χ3v) is 4.23. The Morgan fingerprint density at radius 2 is 1.56 bits per heavy atom. The molecule has 144 valence electrons. The lowest BCUT2D eigenvalue weighted by atomic mass is 9.96. The van der Waals surface area contributed by atoms with Crippen LogP contribution in [0.3, 0.4) is 0 Å². The van der Waals surface area contributed by atoms with Crippen LogP contribution >= 0.6 is 24.8 Å². The van der Waals surface area contributed by atoms with Gasteiger partial charge >= 0.3 is 0 Å². The molecule has 25 heavy (non-hydrogen) atoms. The Bertz CT molecular complexity index is 549. The van der Waals surface area contributed by atoms with E-state index in [1.54, 1.807) is 21.3 Å². The number of hydrogen-bond donors (Lipinski definition) is 1. The first-order valence-corrected chi connectivity index (χ1v) is 7.99. The maximum Gasteiger partial charge on any atom is 0.164 e. The lowest BCUT2D eigenvalue weighted by Gasteiger charge is -2.36. The van der Waals surface area contributed by atoms with E-state index in [4.69, 9.17) is 14.2 Å². The van der Waals surface area contributed by atoms with Crippen molar-refractivity contribution in [1.82, 2.24) is 10.2 Å². The largest absolute Gasteiger partial charge is 0.496 e. The van der Waals surface area contributed by atoms with Crippen LogP contribution in [-0.4, -0.2) is 52.4 Å². The number of methoxy groups -OCH3 is 3. The molecule has 0 amide bonds. The molecule has 1 aromatic carbocycles. The van der Waals surface area contributed by atoms with Crippen LogP contribution in [0.4, 0.5) is 0 Å². The van der Waals surface area contributed by atoms with Gasteiger partial charge in [-0.25, -0.2) is 0 Å². The van der Waals surface area contributed by atoms with Gasteiger partial charge in [0.2, 0.25) is 0 Å². The second kappa shape index (κ2) is 11.5. The van der Waals surface area contributed by atoms with Gasteiger partial charge in [0, 0.05) is 43.9 Å². The summed E-state index contributed by atoms with van der Waals surface area (Å²) in [7, 11) is 4.99. The number of nitrogens with one attached hydrogen (secondary N) is 1. The minimum absolute atomic E-state index is 0. The number of ether oxygens (including phenoxy) is 3. The first kappa shape index (κ1) is 23.9. The molecule has 0 unspecified atom stereocenters. The molecule has 2 rings (SSSR count). The van der Waals surface area contributed by atoms with E-state index in [0.717, 1.165) is 55.2 Å². The monoisotopic (exact) mass is 392 g/mol. The van der Waals surface area contributed by atoms with Crippen LogP contribution in [-0.2, 0) is 0 Å². The number of halogens is 2. The average molecular weight is 393 g/mol. The van der Waals surface area contributed by atoms with Gasteiger partial charge < -0.3 is 19.5 Å². The summed E-state index contributed by atoms with van der Waals surface area (Å²) >= 11 is 0. The lowest BCUT2D eigenvalue weighted by Crippen LogP contribution is -2.45. The highest BCUT2D eigenvalue weighted by Crippen LogP contribution is 2.41. The standard InChI is InChI=1S/C18H28N2O3.2ClH/c1-13(2)10-15(20-8-6-19-7-9-20)14-11-17(22-4)18(23-5)12-16(14)21-3;;/h11-12,15,19H,1,6-10H2,2-5H3;2*1H/t15-;;/m0../s1. The molecule has 0 aromatic heterocycles. The topological polar surface area (TPSA) is 43.0 Å². The van der Waals surface area contributed by atoms with Crippen LogP contribution in [0.1, 0.15) is 24.9 Å². The van der Waals surface area contributed by atoms with E-state index in [0.29, 0.717) is 5.75 Å². The summed E-state index contributed by atoms with van der Waals surface area (Å²) in [5.41, 5.74) is 2.28. The molecule has 1 heterocycles. The van der Waals surface area contributed by atoms with Gasteiger partial charge in [-0.05, 0) is 19.4 Å². The molecule has 1 aliphatic rings. The maximum absolute atomic E-state index is 5.63. The van der Waals surface area contributed by atoms with Crippen molar-refractivity contribution in [2.75, 3.05) is 47.5 Å². The summed E-state index contributed by atoms with van der Waals surface area (Å²) in [5.74, 6) is 2.24. The summed E-state index contributed by atoms with van der Waals surface area (Å²) in [6.07, 6.45) is 0.895. The Hall–Kier alpha value is -1.14. The summed E-state index contributed by atoms with van der Waals surface area (Å²) in [5, 5.41) is 3.40. The van der Waals surface area contributed by atoms with Crippen LogP contribution in [0, 0.1) is 0 Å². The molecule has 1 aromatic rings. The Morgan fingerprint density at radius 3 is 2.04 bits per heavy atom. The average Bonchev–Trinajstić information content (AvgIpc) is 2.59. The first-order chi connectivity index (χ1) is 11.1. The van der Waals surface area contributed by atoms with Crippen molar-refractivity contribution in [2.45, 2.75) is 19.4 Å². The Morgan fingerprint density at radius 1 is 1.04 bits per heavy atom. The summed E-state index contributed by atoms with van der Waals surface area (Å²) < 4.78 is 16.5. The number of benzene rings is 1. The summed E-state index contributed by atoms with van der Waals surface area (Å²) in [6.45, 7) is 10.2.